The molecule has 0 unspecified atom stereocenters. The zero-order chi connectivity index (χ0) is 13.6. The monoisotopic (exact) mass is 288 g/mol. The molecule has 4 N–H and O–H groups in total. The average Bonchev–Trinajstić information content (AvgIpc) is 2.35. The first-order valence-electron chi connectivity index (χ1n) is 5.33. The van der Waals surface area contributed by atoms with Crippen molar-refractivity contribution < 1.29 is 13.5 Å². The zero-order valence-corrected chi connectivity index (χ0v) is 11.4. The van der Waals surface area contributed by atoms with Crippen LogP contribution >= 0.6 is 11.8 Å². The van der Waals surface area contributed by atoms with Gasteiger partial charge in [-0.2, -0.15) is 11.8 Å². The Morgan fingerprint density at radius 3 is 2.39 bits per heavy atom. The van der Waals surface area contributed by atoms with E-state index < -0.39 is 9.84 Å². The summed E-state index contributed by atoms with van der Waals surface area (Å²) in [5.41, 5.74) is 5.80. The molecule has 1 rings (SSSR count). The van der Waals surface area contributed by atoms with E-state index in [0.29, 0.717) is 17.1 Å². The number of hydrogen-bond donors (Lipinski definition) is 3. The van der Waals surface area contributed by atoms with Crippen molar-refractivity contribution in [3.63, 3.8) is 0 Å². The number of aliphatic hydroxyl groups excluding tert-OH is 1. The fourth-order valence-corrected chi connectivity index (χ4v) is 3.76. The van der Waals surface area contributed by atoms with Crippen LogP contribution in [0.4, 0.5) is 0 Å². The molecular formula is C11H16N2O3S2. The van der Waals surface area contributed by atoms with Crippen LogP contribution < -0.4 is 5.73 Å². The normalized spacial score (nSPS) is 11.4. The first kappa shape index (κ1) is 15.0. The molecule has 0 spiro atoms. The topological polar surface area (TPSA) is 104 Å². The number of sulfone groups is 1. The predicted octanol–water partition coefficient (Wildman–Crippen LogP) is 0.470. The highest BCUT2D eigenvalue weighted by Gasteiger charge is 2.14. The van der Waals surface area contributed by atoms with Gasteiger partial charge in [-0.1, -0.05) is 12.1 Å². The van der Waals surface area contributed by atoms with Crippen molar-refractivity contribution in [2.24, 2.45) is 5.73 Å². The lowest BCUT2D eigenvalue weighted by Crippen LogP contribution is -2.12. The third kappa shape index (κ3) is 4.32. The molecule has 0 saturated heterocycles. The number of rotatable bonds is 7. The Labute approximate surface area is 111 Å². The standard InChI is InChI=1S/C11H16N2O3S2/c12-11(13)9-1-3-10(4-2-9)18(15,16)8-7-17-6-5-14/h1-4,14H,5-8H2,(H3,12,13). The molecule has 0 atom stereocenters. The molecular weight excluding hydrogens is 272 g/mol. The molecule has 7 heteroatoms. The van der Waals surface area contributed by atoms with Gasteiger partial charge >= 0.3 is 0 Å². The van der Waals surface area contributed by atoms with Gasteiger partial charge in [0.2, 0.25) is 0 Å². The van der Waals surface area contributed by atoms with Gasteiger partial charge in [-0.3, -0.25) is 5.41 Å². The van der Waals surface area contributed by atoms with Crippen LogP contribution in [0.25, 0.3) is 0 Å². The Kier molecular flexibility index (Phi) is 5.64. The van der Waals surface area contributed by atoms with Gasteiger partial charge in [0.05, 0.1) is 17.3 Å². The van der Waals surface area contributed by atoms with Crippen molar-refractivity contribution in [3.05, 3.63) is 29.8 Å². The van der Waals surface area contributed by atoms with Gasteiger partial charge in [0, 0.05) is 17.1 Å². The molecule has 0 amide bonds. The van der Waals surface area contributed by atoms with Crippen LogP contribution in [0, 0.1) is 5.41 Å². The summed E-state index contributed by atoms with van der Waals surface area (Å²) in [6.07, 6.45) is 0. The zero-order valence-electron chi connectivity index (χ0n) is 9.80. The lowest BCUT2D eigenvalue weighted by Gasteiger charge is -2.05. The van der Waals surface area contributed by atoms with Crippen molar-refractivity contribution in [2.75, 3.05) is 23.9 Å². The number of amidine groups is 1. The van der Waals surface area contributed by atoms with Crippen molar-refractivity contribution >= 4 is 27.4 Å². The molecule has 100 valence electrons. The second-order valence-electron chi connectivity index (χ2n) is 3.59. The molecule has 5 nitrogen and oxygen atoms in total. The van der Waals surface area contributed by atoms with E-state index in [1.807, 2.05) is 0 Å². The molecule has 0 bridgehead atoms. The fourth-order valence-electron chi connectivity index (χ4n) is 1.29. The molecule has 18 heavy (non-hydrogen) atoms. The first-order valence-corrected chi connectivity index (χ1v) is 8.14. The van der Waals surface area contributed by atoms with E-state index in [2.05, 4.69) is 0 Å². The summed E-state index contributed by atoms with van der Waals surface area (Å²) in [6.45, 7) is 0.0536. The summed E-state index contributed by atoms with van der Waals surface area (Å²) < 4.78 is 23.8. The maximum absolute atomic E-state index is 11.9. The summed E-state index contributed by atoms with van der Waals surface area (Å²) in [4.78, 5) is 0.233. The van der Waals surface area contributed by atoms with Crippen LogP contribution in [0.1, 0.15) is 5.56 Å². The summed E-state index contributed by atoms with van der Waals surface area (Å²) in [7, 11) is -3.30. The van der Waals surface area contributed by atoms with Crippen LogP contribution in [-0.4, -0.2) is 43.2 Å². The van der Waals surface area contributed by atoms with Gasteiger partial charge in [0.1, 0.15) is 5.84 Å². The van der Waals surface area contributed by atoms with Crippen molar-refractivity contribution in [3.8, 4) is 0 Å². The summed E-state index contributed by atoms with van der Waals surface area (Å²) in [5.74, 6) is 0.949. The molecule has 0 saturated carbocycles. The van der Waals surface area contributed by atoms with Gasteiger partial charge in [0.25, 0.3) is 0 Å². The van der Waals surface area contributed by atoms with Crippen LogP contribution in [-0.2, 0) is 9.84 Å². The Morgan fingerprint density at radius 1 is 1.28 bits per heavy atom. The Morgan fingerprint density at radius 2 is 1.89 bits per heavy atom. The van der Waals surface area contributed by atoms with E-state index in [0.717, 1.165) is 0 Å². The number of nitrogens with two attached hydrogens (primary N) is 1. The molecule has 0 aliphatic carbocycles. The molecule has 1 aromatic rings. The second-order valence-corrected chi connectivity index (χ2v) is 6.93. The number of nitrogens with one attached hydrogen (secondary N) is 1. The molecule has 0 radical (unpaired) electrons. The van der Waals surface area contributed by atoms with E-state index in [9.17, 15) is 8.42 Å². The summed E-state index contributed by atoms with van der Waals surface area (Å²) in [6, 6.07) is 5.97. The van der Waals surface area contributed by atoms with Gasteiger partial charge in [-0.15, -0.1) is 0 Å². The van der Waals surface area contributed by atoms with Gasteiger partial charge in [-0.25, -0.2) is 8.42 Å². The number of nitrogen functional groups attached to an aromatic ring is 1. The lowest BCUT2D eigenvalue weighted by molar-refractivity contribution is 0.322. The Balaban J connectivity index is 2.70. The van der Waals surface area contributed by atoms with Crippen LogP contribution in [0.15, 0.2) is 29.2 Å². The summed E-state index contributed by atoms with van der Waals surface area (Å²) in [5, 5.41) is 15.8. The second kappa shape index (κ2) is 6.77. The first-order chi connectivity index (χ1) is 8.47. The fraction of sp³-hybridized carbons (Fsp3) is 0.364. The number of thioether (sulfide) groups is 1. The molecule has 0 aromatic heterocycles. The predicted molar refractivity (Wildman–Crippen MR) is 73.9 cm³/mol. The maximum atomic E-state index is 11.9. The minimum Gasteiger partial charge on any atom is -0.396 e. The van der Waals surface area contributed by atoms with Crippen molar-refractivity contribution in [2.45, 2.75) is 4.90 Å². The van der Waals surface area contributed by atoms with Crippen LogP contribution in [0.3, 0.4) is 0 Å². The maximum Gasteiger partial charge on any atom is 0.179 e. The lowest BCUT2D eigenvalue weighted by atomic mass is 10.2. The number of benzene rings is 1. The van der Waals surface area contributed by atoms with E-state index in [4.69, 9.17) is 16.2 Å². The highest BCUT2D eigenvalue weighted by Crippen LogP contribution is 2.14. The third-order valence-electron chi connectivity index (χ3n) is 2.26. The molecule has 0 fully saturated rings. The van der Waals surface area contributed by atoms with E-state index in [1.54, 1.807) is 0 Å². The number of aliphatic hydroxyl groups is 1. The van der Waals surface area contributed by atoms with E-state index >= 15 is 0 Å². The minimum absolute atomic E-state index is 0.0388. The molecule has 0 heterocycles. The van der Waals surface area contributed by atoms with Gasteiger partial charge < -0.3 is 10.8 Å². The van der Waals surface area contributed by atoms with Gasteiger partial charge in [0.15, 0.2) is 9.84 Å². The van der Waals surface area contributed by atoms with E-state index in [-0.39, 0.29) is 23.1 Å². The highest BCUT2D eigenvalue weighted by molar-refractivity contribution is 8.00. The smallest absolute Gasteiger partial charge is 0.179 e. The van der Waals surface area contributed by atoms with E-state index in [1.165, 1.54) is 36.0 Å². The van der Waals surface area contributed by atoms with Crippen molar-refractivity contribution in [1.29, 1.82) is 5.41 Å². The number of hydrogen-bond acceptors (Lipinski definition) is 5. The van der Waals surface area contributed by atoms with Gasteiger partial charge in [-0.05, 0) is 12.1 Å². The molecule has 1 aromatic carbocycles. The quantitative estimate of drug-likeness (QED) is 0.384. The van der Waals surface area contributed by atoms with Crippen LogP contribution in [0.5, 0.6) is 0 Å². The average molecular weight is 288 g/mol. The molecule has 0 aliphatic heterocycles. The Hall–Kier alpha value is -1.05. The third-order valence-corrected chi connectivity index (χ3v) is 5.21. The SMILES string of the molecule is N=C(N)c1ccc(S(=O)(=O)CCSCCO)cc1. The Bertz CT molecular complexity index is 498. The van der Waals surface area contributed by atoms with Crippen LogP contribution in [0.2, 0.25) is 0 Å². The molecule has 0 aliphatic rings. The summed E-state index contributed by atoms with van der Waals surface area (Å²) >= 11 is 1.40. The van der Waals surface area contributed by atoms with Crippen molar-refractivity contribution in [1.82, 2.24) is 0 Å². The minimum atomic E-state index is -3.30. The highest BCUT2D eigenvalue weighted by atomic mass is 32.2. The largest absolute Gasteiger partial charge is 0.396 e.